The number of piperidine rings is 1. The molecule has 0 aliphatic carbocycles. The number of nitrogens with zero attached hydrogens (tertiary/aromatic N) is 6. The third kappa shape index (κ3) is 3.44. The van der Waals surface area contributed by atoms with E-state index in [1.54, 1.807) is 0 Å². The summed E-state index contributed by atoms with van der Waals surface area (Å²) >= 11 is 6.10. The summed E-state index contributed by atoms with van der Waals surface area (Å²) in [6, 6.07) is 1.94. The first-order valence-corrected chi connectivity index (χ1v) is 9.26. The molecule has 0 amide bonds. The molecule has 0 bridgehead atoms. The summed E-state index contributed by atoms with van der Waals surface area (Å²) in [5, 5.41) is 31.4. The molecule has 0 saturated carbocycles. The summed E-state index contributed by atoms with van der Waals surface area (Å²) in [5.41, 5.74) is 4.11. The van der Waals surface area contributed by atoms with E-state index in [1.807, 2.05) is 6.07 Å². The molecule has 4 rings (SSSR count). The molecule has 2 aliphatic heterocycles. The molecule has 2 fully saturated rings. The largest absolute Gasteiger partial charge is 0.387 e. The Labute approximate surface area is 160 Å². The van der Waals surface area contributed by atoms with Gasteiger partial charge in [-0.3, -0.25) is 4.57 Å². The molecule has 2 saturated heterocycles. The fourth-order valence-electron chi connectivity index (χ4n) is 3.53. The molecule has 0 radical (unpaired) electrons. The van der Waals surface area contributed by atoms with Gasteiger partial charge in [0.05, 0.1) is 18.8 Å². The number of imidazole rings is 1. The van der Waals surface area contributed by atoms with Crippen LogP contribution in [0.1, 0.15) is 31.9 Å². The smallest absolute Gasteiger partial charge is 0.226 e. The van der Waals surface area contributed by atoms with E-state index in [9.17, 15) is 10.2 Å². The van der Waals surface area contributed by atoms with Crippen LogP contribution in [0.3, 0.4) is 0 Å². The van der Waals surface area contributed by atoms with Gasteiger partial charge in [0.1, 0.15) is 18.3 Å². The monoisotopic (exact) mass is 393 g/mol. The zero-order chi connectivity index (χ0) is 19.0. The summed E-state index contributed by atoms with van der Waals surface area (Å²) in [4.78, 5) is 12.8. The summed E-state index contributed by atoms with van der Waals surface area (Å²) in [5.74, 6) is 0.479. The van der Waals surface area contributed by atoms with E-state index in [1.165, 1.54) is 17.3 Å². The van der Waals surface area contributed by atoms with Crippen LogP contribution in [0.15, 0.2) is 6.33 Å². The van der Waals surface area contributed by atoms with Gasteiger partial charge in [-0.1, -0.05) is 6.42 Å². The molecule has 2 unspecified atom stereocenters. The number of aliphatic hydroxyl groups excluding tert-OH is 2. The quantitative estimate of drug-likeness (QED) is 0.645. The highest BCUT2D eigenvalue weighted by molar-refractivity contribution is 6.28. The van der Waals surface area contributed by atoms with Gasteiger partial charge in [-0.05, 0) is 24.4 Å². The van der Waals surface area contributed by atoms with Crippen molar-refractivity contribution in [3.8, 4) is 6.07 Å². The topological polar surface area (TPSA) is 132 Å². The number of anilines is 1. The molecule has 3 N–H and O–H groups in total. The van der Waals surface area contributed by atoms with E-state index in [0.717, 1.165) is 25.9 Å². The van der Waals surface area contributed by atoms with E-state index in [4.69, 9.17) is 21.6 Å². The molecule has 10 nitrogen and oxygen atoms in total. The van der Waals surface area contributed by atoms with Gasteiger partial charge >= 0.3 is 0 Å². The first-order chi connectivity index (χ1) is 13.1. The number of nitriles is 1. The van der Waals surface area contributed by atoms with E-state index < -0.39 is 24.5 Å². The predicted molar refractivity (Wildman–Crippen MR) is 95.5 cm³/mol. The summed E-state index contributed by atoms with van der Waals surface area (Å²) < 4.78 is 7.18. The van der Waals surface area contributed by atoms with E-state index in [0.29, 0.717) is 17.0 Å². The Hall–Kier alpha value is -2.03. The van der Waals surface area contributed by atoms with Crippen molar-refractivity contribution in [2.45, 2.75) is 50.2 Å². The number of fused-ring (bicyclic) bond motifs is 1. The molecule has 4 heterocycles. The van der Waals surface area contributed by atoms with Crippen LogP contribution < -0.4 is 5.43 Å². The SMILES string of the molecule is N#CC[C@H]1O[C@@H](n2cnc3c(NN4CCCCC4)nc(Cl)nc32)C(O)C1O. The minimum Gasteiger partial charge on any atom is -0.387 e. The predicted octanol–water partition coefficient (Wildman–Crippen LogP) is 0.825. The fraction of sp³-hybridized carbons (Fsp3) is 0.625. The molecular weight excluding hydrogens is 374 g/mol. The average Bonchev–Trinajstić information content (AvgIpc) is 3.19. The summed E-state index contributed by atoms with van der Waals surface area (Å²) in [6.45, 7) is 1.80. The second kappa shape index (κ2) is 7.53. The molecular formula is C16H20ClN7O3. The molecule has 4 atom stereocenters. The second-order valence-corrected chi connectivity index (χ2v) is 7.07. The van der Waals surface area contributed by atoms with Crippen molar-refractivity contribution in [1.82, 2.24) is 24.5 Å². The average molecular weight is 394 g/mol. The zero-order valence-corrected chi connectivity index (χ0v) is 15.2. The van der Waals surface area contributed by atoms with Crippen LogP contribution >= 0.6 is 11.6 Å². The van der Waals surface area contributed by atoms with Crippen LogP contribution in [0.2, 0.25) is 5.28 Å². The van der Waals surface area contributed by atoms with Crippen molar-refractivity contribution in [2.75, 3.05) is 18.5 Å². The number of nitrogens with one attached hydrogen (secondary N) is 1. The number of hydrogen-bond acceptors (Lipinski definition) is 9. The molecule has 27 heavy (non-hydrogen) atoms. The lowest BCUT2D eigenvalue weighted by Crippen LogP contribution is -2.35. The van der Waals surface area contributed by atoms with Gasteiger partial charge in [0.25, 0.3) is 0 Å². The second-order valence-electron chi connectivity index (χ2n) is 6.73. The number of ether oxygens (including phenoxy) is 1. The molecule has 144 valence electrons. The van der Waals surface area contributed by atoms with Gasteiger partial charge < -0.3 is 20.4 Å². The fourth-order valence-corrected chi connectivity index (χ4v) is 3.69. The highest BCUT2D eigenvalue weighted by Crippen LogP contribution is 2.34. The summed E-state index contributed by atoms with van der Waals surface area (Å²) in [7, 11) is 0. The lowest BCUT2D eigenvalue weighted by atomic mass is 10.1. The molecule has 0 aromatic carbocycles. The van der Waals surface area contributed by atoms with Gasteiger partial charge in [-0.2, -0.15) is 15.2 Å². The van der Waals surface area contributed by atoms with Crippen LogP contribution in [0, 0.1) is 11.3 Å². The van der Waals surface area contributed by atoms with Gasteiger partial charge in [-0.25, -0.2) is 9.99 Å². The first kappa shape index (κ1) is 18.3. The lowest BCUT2D eigenvalue weighted by Gasteiger charge is -2.27. The van der Waals surface area contributed by atoms with Crippen LogP contribution in [-0.4, -0.2) is 66.1 Å². The number of aromatic nitrogens is 4. The zero-order valence-electron chi connectivity index (χ0n) is 14.5. The van der Waals surface area contributed by atoms with E-state index >= 15 is 0 Å². The third-order valence-corrected chi connectivity index (χ3v) is 5.09. The van der Waals surface area contributed by atoms with Crippen molar-refractivity contribution in [2.24, 2.45) is 0 Å². The maximum atomic E-state index is 10.4. The minimum atomic E-state index is -1.21. The minimum absolute atomic E-state index is 0.0289. The summed E-state index contributed by atoms with van der Waals surface area (Å²) in [6.07, 6.45) is 0.755. The number of aliphatic hydroxyl groups is 2. The highest BCUT2D eigenvalue weighted by Gasteiger charge is 2.44. The van der Waals surface area contributed by atoms with Gasteiger partial charge in [0, 0.05) is 13.1 Å². The van der Waals surface area contributed by atoms with Crippen LogP contribution in [0.4, 0.5) is 5.82 Å². The maximum absolute atomic E-state index is 10.4. The highest BCUT2D eigenvalue weighted by atomic mass is 35.5. The maximum Gasteiger partial charge on any atom is 0.226 e. The van der Waals surface area contributed by atoms with Gasteiger partial charge in [0.15, 0.2) is 23.2 Å². The number of hydrazine groups is 1. The Morgan fingerprint density at radius 1 is 1.26 bits per heavy atom. The Morgan fingerprint density at radius 2 is 2.04 bits per heavy atom. The Morgan fingerprint density at radius 3 is 2.78 bits per heavy atom. The van der Waals surface area contributed by atoms with Crippen molar-refractivity contribution in [3.05, 3.63) is 11.6 Å². The Kier molecular flexibility index (Phi) is 5.12. The Balaban J connectivity index is 1.66. The van der Waals surface area contributed by atoms with Gasteiger partial charge in [0.2, 0.25) is 5.28 Å². The van der Waals surface area contributed by atoms with E-state index in [-0.39, 0.29) is 11.7 Å². The third-order valence-electron chi connectivity index (χ3n) is 4.92. The first-order valence-electron chi connectivity index (χ1n) is 8.88. The molecule has 2 aromatic rings. The Bertz CT molecular complexity index is 864. The molecule has 11 heteroatoms. The normalized spacial score (nSPS) is 29.1. The van der Waals surface area contributed by atoms with Crippen LogP contribution in [0.25, 0.3) is 11.2 Å². The standard InChI is InChI=1S/C16H20ClN7O3/c17-16-20-13(22-23-6-2-1-3-7-23)10-14(21-16)24(8-19-10)15-12(26)11(25)9(27-15)4-5-18/h8-9,11-12,15,25-26H,1-4,6-7H2,(H,20,21,22)/t9-,11?,12?,15-/m1/s1. The van der Waals surface area contributed by atoms with Crippen molar-refractivity contribution in [1.29, 1.82) is 5.26 Å². The number of hydrogen-bond donors (Lipinski definition) is 3. The van der Waals surface area contributed by atoms with Crippen molar-refractivity contribution >= 4 is 28.6 Å². The van der Waals surface area contributed by atoms with Crippen molar-refractivity contribution in [3.63, 3.8) is 0 Å². The molecule has 2 aliphatic rings. The van der Waals surface area contributed by atoms with Crippen LogP contribution in [-0.2, 0) is 4.74 Å². The molecule has 2 aromatic heterocycles. The lowest BCUT2D eigenvalue weighted by molar-refractivity contribution is -0.0333. The van der Waals surface area contributed by atoms with Gasteiger partial charge in [-0.15, -0.1) is 0 Å². The molecule has 0 spiro atoms. The number of rotatable bonds is 4. The number of halogens is 1. The van der Waals surface area contributed by atoms with Crippen LogP contribution in [0.5, 0.6) is 0 Å². The van der Waals surface area contributed by atoms with E-state index in [2.05, 4.69) is 25.4 Å². The van der Waals surface area contributed by atoms with Crippen molar-refractivity contribution < 1.29 is 14.9 Å².